The Hall–Kier alpha value is -1.07. The molecule has 0 saturated carbocycles. The summed E-state index contributed by atoms with van der Waals surface area (Å²) in [5.41, 5.74) is 0.689. The quantitative estimate of drug-likeness (QED) is 0.915. The highest BCUT2D eigenvalue weighted by molar-refractivity contribution is 9.10. The number of benzene rings is 1. The molecule has 1 aliphatic rings. The lowest BCUT2D eigenvalue weighted by Gasteiger charge is -2.27. The summed E-state index contributed by atoms with van der Waals surface area (Å²) < 4.78 is 5.99. The lowest BCUT2D eigenvalue weighted by atomic mass is 9.97. The molecule has 110 valence electrons. The summed E-state index contributed by atoms with van der Waals surface area (Å²) in [5, 5.41) is 3.35. The van der Waals surface area contributed by atoms with Crippen LogP contribution >= 0.6 is 15.9 Å². The minimum Gasteiger partial charge on any atom is -0.496 e. The fourth-order valence-electron chi connectivity index (χ4n) is 2.55. The molecule has 1 amide bonds. The number of halogens is 1. The van der Waals surface area contributed by atoms with Crippen LogP contribution in [0.1, 0.15) is 23.2 Å². The lowest BCUT2D eigenvalue weighted by molar-refractivity contribution is 0.0762. The van der Waals surface area contributed by atoms with E-state index >= 15 is 0 Å². The maximum absolute atomic E-state index is 12.4. The van der Waals surface area contributed by atoms with Crippen molar-refractivity contribution in [3.63, 3.8) is 0 Å². The Labute approximate surface area is 128 Å². The second-order valence-electron chi connectivity index (χ2n) is 5.23. The van der Waals surface area contributed by atoms with Crippen molar-refractivity contribution in [3.05, 3.63) is 28.2 Å². The number of nitrogens with zero attached hydrogens (tertiary/aromatic N) is 1. The molecule has 0 aromatic heterocycles. The average Bonchev–Trinajstić information content (AvgIpc) is 2.47. The van der Waals surface area contributed by atoms with Crippen LogP contribution < -0.4 is 10.1 Å². The third-order valence-electron chi connectivity index (χ3n) is 3.74. The number of carbonyl (C=O) groups excluding carboxylic acids is 1. The number of hydrogen-bond donors (Lipinski definition) is 1. The van der Waals surface area contributed by atoms with Gasteiger partial charge in [0, 0.05) is 19.2 Å². The zero-order valence-electron chi connectivity index (χ0n) is 12.0. The Balaban J connectivity index is 2.00. The predicted molar refractivity (Wildman–Crippen MR) is 83.2 cm³/mol. The van der Waals surface area contributed by atoms with Crippen LogP contribution in [0.25, 0.3) is 0 Å². The van der Waals surface area contributed by atoms with Crippen molar-refractivity contribution in [2.24, 2.45) is 5.92 Å². The van der Waals surface area contributed by atoms with Gasteiger partial charge in [0.2, 0.25) is 0 Å². The number of rotatable bonds is 4. The summed E-state index contributed by atoms with van der Waals surface area (Å²) in [6.07, 6.45) is 2.29. The standard InChI is InChI=1S/C15H21BrN2O2/c1-18(10-11-5-7-17-8-6-11)15(19)12-3-4-14(20-2)13(16)9-12/h3-4,9,11,17H,5-8,10H2,1-2H3. The first-order chi connectivity index (χ1) is 9.61. The van der Waals surface area contributed by atoms with Crippen LogP contribution in [-0.4, -0.2) is 44.6 Å². The van der Waals surface area contributed by atoms with Crippen LogP contribution in [0.5, 0.6) is 5.75 Å². The minimum absolute atomic E-state index is 0.0619. The van der Waals surface area contributed by atoms with E-state index < -0.39 is 0 Å². The topological polar surface area (TPSA) is 41.6 Å². The largest absolute Gasteiger partial charge is 0.496 e. The number of ether oxygens (including phenoxy) is 1. The molecular formula is C15H21BrN2O2. The fraction of sp³-hybridized carbons (Fsp3) is 0.533. The van der Waals surface area contributed by atoms with Gasteiger partial charge in [-0.25, -0.2) is 0 Å². The molecule has 4 nitrogen and oxygen atoms in total. The third-order valence-corrected chi connectivity index (χ3v) is 4.36. The summed E-state index contributed by atoms with van der Waals surface area (Å²) in [6.45, 7) is 2.94. The van der Waals surface area contributed by atoms with E-state index in [1.165, 1.54) is 0 Å². The zero-order chi connectivity index (χ0) is 14.5. The van der Waals surface area contributed by atoms with Crippen molar-refractivity contribution in [3.8, 4) is 5.75 Å². The van der Waals surface area contributed by atoms with E-state index in [1.54, 1.807) is 7.11 Å². The maximum atomic E-state index is 12.4. The van der Waals surface area contributed by atoms with Gasteiger partial charge in [-0.15, -0.1) is 0 Å². The van der Waals surface area contributed by atoms with E-state index in [-0.39, 0.29) is 5.91 Å². The van der Waals surface area contributed by atoms with E-state index in [4.69, 9.17) is 4.74 Å². The number of carbonyl (C=O) groups is 1. The number of hydrogen-bond acceptors (Lipinski definition) is 3. The minimum atomic E-state index is 0.0619. The monoisotopic (exact) mass is 340 g/mol. The summed E-state index contributed by atoms with van der Waals surface area (Å²) in [5.74, 6) is 1.40. The molecular weight excluding hydrogens is 320 g/mol. The first-order valence-electron chi connectivity index (χ1n) is 6.91. The van der Waals surface area contributed by atoms with Gasteiger partial charge in [0.05, 0.1) is 11.6 Å². The number of piperidine rings is 1. The van der Waals surface area contributed by atoms with Crippen molar-refractivity contribution >= 4 is 21.8 Å². The predicted octanol–water partition coefficient (Wildman–Crippen LogP) is 2.53. The molecule has 1 saturated heterocycles. The fourth-order valence-corrected chi connectivity index (χ4v) is 3.09. The highest BCUT2D eigenvalue weighted by Crippen LogP contribution is 2.26. The molecule has 0 bridgehead atoms. The van der Waals surface area contributed by atoms with E-state index in [1.807, 2.05) is 30.1 Å². The molecule has 2 rings (SSSR count). The van der Waals surface area contributed by atoms with E-state index in [0.717, 1.165) is 42.7 Å². The van der Waals surface area contributed by atoms with Crippen molar-refractivity contribution in [2.75, 3.05) is 33.8 Å². The van der Waals surface area contributed by atoms with Gasteiger partial charge in [0.1, 0.15) is 5.75 Å². The lowest BCUT2D eigenvalue weighted by Crippen LogP contribution is -2.37. The third kappa shape index (κ3) is 3.73. The van der Waals surface area contributed by atoms with E-state index in [0.29, 0.717) is 11.5 Å². The van der Waals surface area contributed by atoms with Crippen molar-refractivity contribution in [2.45, 2.75) is 12.8 Å². The second-order valence-corrected chi connectivity index (χ2v) is 6.08. The maximum Gasteiger partial charge on any atom is 0.253 e. The first kappa shape index (κ1) is 15.3. The highest BCUT2D eigenvalue weighted by atomic mass is 79.9. The molecule has 1 N–H and O–H groups in total. The van der Waals surface area contributed by atoms with Crippen LogP contribution in [0.4, 0.5) is 0 Å². The Bertz CT molecular complexity index is 473. The highest BCUT2D eigenvalue weighted by Gasteiger charge is 2.19. The van der Waals surface area contributed by atoms with E-state index in [9.17, 15) is 4.79 Å². The molecule has 5 heteroatoms. The van der Waals surface area contributed by atoms with Gasteiger partial charge < -0.3 is 15.0 Å². The molecule has 0 atom stereocenters. The first-order valence-corrected chi connectivity index (χ1v) is 7.71. The Morgan fingerprint density at radius 3 is 2.75 bits per heavy atom. The van der Waals surface area contributed by atoms with Crippen LogP contribution in [0.15, 0.2) is 22.7 Å². The van der Waals surface area contributed by atoms with Crippen LogP contribution in [-0.2, 0) is 0 Å². The molecule has 1 aromatic rings. The Morgan fingerprint density at radius 1 is 1.45 bits per heavy atom. The molecule has 1 aromatic carbocycles. The van der Waals surface area contributed by atoms with E-state index in [2.05, 4.69) is 21.2 Å². The van der Waals surface area contributed by atoms with Gasteiger partial charge >= 0.3 is 0 Å². The summed E-state index contributed by atoms with van der Waals surface area (Å²) in [6, 6.07) is 5.45. The Morgan fingerprint density at radius 2 is 2.15 bits per heavy atom. The van der Waals surface area contributed by atoms with Gasteiger partial charge in [-0.2, -0.15) is 0 Å². The molecule has 1 aliphatic heterocycles. The molecule has 1 fully saturated rings. The second kappa shape index (κ2) is 7.09. The molecule has 20 heavy (non-hydrogen) atoms. The number of nitrogens with one attached hydrogen (secondary N) is 1. The summed E-state index contributed by atoms with van der Waals surface area (Å²) in [4.78, 5) is 14.2. The van der Waals surface area contributed by atoms with Crippen LogP contribution in [0, 0.1) is 5.92 Å². The van der Waals surface area contributed by atoms with Crippen molar-refractivity contribution < 1.29 is 9.53 Å². The van der Waals surface area contributed by atoms with Gasteiger partial charge in [-0.3, -0.25) is 4.79 Å². The molecule has 0 aliphatic carbocycles. The average molecular weight is 341 g/mol. The summed E-state index contributed by atoms with van der Waals surface area (Å²) in [7, 11) is 3.49. The number of amides is 1. The molecule has 0 radical (unpaired) electrons. The normalized spacial score (nSPS) is 15.9. The van der Waals surface area contributed by atoms with Crippen LogP contribution in [0.3, 0.4) is 0 Å². The number of methoxy groups -OCH3 is 1. The van der Waals surface area contributed by atoms with Gasteiger partial charge in [-0.05, 0) is 66.0 Å². The molecule has 1 heterocycles. The van der Waals surface area contributed by atoms with Gasteiger partial charge in [-0.1, -0.05) is 0 Å². The zero-order valence-corrected chi connectivity index (χ0v) is 13.6. The van der Waals surface area contributed by atoms with Crippen molar-refractivity contribution in [1.29, 1.82) is 0 Å². The molecule has 0 unspecified atom stereocenters. The van der Waals surface area contributed by atoms with Crippen LogP contribution in [0.2, 0.25) is 0 Å². The molecule has 0 spiro atoms. The van der Waals surface area contributed by atoms with Crippen molar-refractivity contribution in [1.82, 2.24) is 10.2 Å². The SMILES string of the molecule is COc1ccc(C(=O)N(C)CC2CCNCC2)cc1Br. The van der Waals surface area contributed by atoms with Gasteiger partial charge in [0.15, 0.2) is 0 Å². The summed E-state index contributed by atoms with van der Waals surface area (Å²) >= 11 is 3.42. The smallest absolute Gasteiger partial charge is 0.253 e. The van der Waals surface area contributed by atoms with Gasteiger partial charge in [0.25, 0.3) is 5.91 Å². The Kier molecular flexibility index (Phi) is 5.43.